The molecule has 0 aromatic rings. The van der Waals surface area contributed by atoms with Crippen molar-refractivity contribution in [2.75, 3.05) is 26.7 Å². The van der Waals surface area contributed by atoms with Crippen LogP contribution in [0.3, 0.4) is 0 Å². The average Bonchev–Trinajstić information content (AvgIpc) is 2.60. The van der Waals surface area contributed by atoms with E-state index in [1.54, 1.807) is 0 Å². The Bertz CT molecular complexity index is 295. The Morgan fingerprint density at radius 1 is 1.33 bits per heavy atom. The third-order valence-electron chi connectivity index (χ3n) is 4.75. The van der Waals surface area contributed by atoms with Crippen LogP contribution in [-0.2, 0) is 4.79 Å². The number of carbonyl (C=O) groups is 1. The molecule has 0 aromatic heterocycles. The third-order valence-corrected chi connectivity index (χ3v) is 4.75. The van der Waals surface area contributed by atoms with Gasteiger partial charge in [0.2, 0.25) is 5.91 Å². The van der Waals surface area contributed by atoms with E-state index in [-0.39, 0.29) is 0 Å². The summed E-state index contributed by atoms with van der Waals surface area (Å²) < 4.78 is 0. The number of amides is 1. The van der Waals surface area contributed by atoms with E-state index in [0.29, 0.717) is 36.9 Å². The van der Waals surface area contributed by atoms with Crippen LogP contribution >= 0.6 is 0 Å². The fraction of sp³-hybridized carbons (Fsp3) is 0.929. The quantitative estimate of drug-likeness (QED) is 0.815. The number of nitrogens with zero attached hydrogens (tertiary/aromatic N) is 2. The molecular formula is C14H27N3O. The molecule has 0 saturated carbocycles. The molecule has 2 aliphatic heterocycles. The molecule has 104 valence electrons. The lowest BCUT2D eigenvalue weighted by Crippen LogP contribution is -2.39. The van der Waals surface area contributed by atoms with Gasteiger partial charge in [0.25, 0.3) is 0 Å². The lowest BCUT2D eigenvalue weighted by molar-refractivity contribution is -0.131. The SMILES string of the molecule is CC(CN)CCC(=O)N1CCC2CCC(C1)N2C. The molecular weight excluding hydrogens is 226 g/mol. The van der Waals surface area contributed by atoms with E-state index in [2.05, 4.69) is 23.8 Å². The van der Waals surface area contributed by atoms with E-state index in [1.807, 2.05) is 0 Å². The van der Waals surface area contributed by atoms with Crippen LogP contribution in [0.2, 0.25) is 0 Å². The minimum Gasteiger partial charge on any atom is -0.341 e. The molecule has 0 radical (unpaired) electrons. The minimum atomic E-state index is 0.330. The maximum Gasteiger partial charge on any atom is 0.222 e. The van der Waals surface area contributed by atoms with Crippen molar-refractivity contribution in [3.05, 3.63) is 0 Å². The van der Waals surface area contributed by atoms with Crippen molar-refractivity contribution in [1.82, 2.24) is 9.80 Å². The van der Waals surface area contributed by atoms with Gasteiger partial charge >= 0.3 is 0 Å². The van der Waals surface area contributed by atoms with Crippen LogP contribution in [0, 0.1) is 5.92 Å². The molecule has 4 heteroatoms. The maximum absolute atomic E-state index is 12.2. The van der Waals surface area contributed by atoms with Gasteiger partial charge in [-0.25, -0.2) is 0 Å². The molecule has 0 aliphatic carbocycles. The van der Waals surface area contributed by atoms with Gasteiger partial charge in [-0.2, -0.15) is 0 Å². The molecule has 2 bridgehead atoms. The first-order valence-corrected chi connectivity index (χ1v) is 7.31. The molecule has 4 nitrogen and oxygen atoms in total. The van der Waals surface area contributed by atoms with E-state index in [4.69, 9.17) is 5.73 Å². The summed E-state index contributed by atoms with van der Waals surface area (Å²) in [6.45, 7) is 4.68. The first-order chi connectivity index (χ1) is 8.61. The average molecular weight is 253 g/mol. The summed E-state index contributed by atoms with van der Waals surface area (Å²) in [4.78, 5) is 16.8. The van der Waals surface area contributed by atoms with Crippen molar-refractivity contribution >= 4 is 5.91 Å². The van der Waals surface area contributed by atoms with Gasteiger partial charge in [-0.15, -0.1) is 0 Å². The summed E-state index contributed by atoms with van der Waals surface area (Å²) in [5.41, 5.74) is 5.60. The van der Waals surface area contributed by atoms with Crippen LogP contribution in [0.1, 0.15) is 39.0 Å². The zero-order valence-corrected chi connectivity index (χ0v) is 11.8. The zero-order chi connectivity index (χ0) is 13.1. The van der Waals surface area contributed by atoms with Gasteiger partial charge in [-0.1, -0.05) is 6.92 Å². The molecule has 0 aromatic carbocycles. The number of hydrogen-bond acceptors (Lipinski definition) is 3. The summed E-state index contributed by atoms with van der Waals surface area (Å²) in [5.74, 6) is 0.788. The highest BCUT2D eigenvalue weighted by Gasteiger charge is 2.35. The Kier molecular flexibility index (Phi) is 4.62. The van der Waals surface area contributed by atoms with Crippen LogP contribution in [0.15, 0.2) is 0 Å². The van der Waals surface area contributed by atoms with Crippen molar-refractivity contribution < 1.29 is 4.79 Å². The monoisotopic (exact) mass is 253 g/mol. The smallest absolute Gasteiger partial charge is 0.222 e. The van der Waals surface area contributed by atoms with Crippen molar-refractivity contribution in [1.29, 1.82) is 0 Å². The Hall–Kier alpha value is -0.610. The number of rotatable bonds is 4. The molecule has 2 N–H and O–H groups in total. The fourth-order valence-corrected chi connectivity index (χ4v) is 3.18. The lowest BCUT2D eigenvalue weighted by atomic mass is 10.0. The van der Waals surface area contributed by atoms with Crippen LogP contribution < -0.4 is 5.73 Å². The van der Waals surface area contributed by atoms with Gasteiger partial charge in [-0.3, -0.25) is 9.69 Å². The second kappa shape index (κ2) is 6.02. The van der Waals surface area contributed by atoms with E-state index in [0.717, 1.165) is 25.9 Å². The summed E-state index contributed by atoms with van der Waals surface area (Å²) in [5, 5.41) is 0. The summed E-state index contributed by atoms with van der Waals surface area (Å²) in [6, 6.07) is 1.30. The van der Waals surface area contributed by atoms with Gasteiger partial charge in [0.1, 0.15) is 0 Å². The van der Waals surface area contributed by atoms with Crippen molar-refractivity contribution in [3.8, 4) is 0 Å². The number of carbonyl (C=O) groups excluding carboxylic acids is 1. The summed E-state index contributed by atoms with van der Waals surface area (Å²) in [7, 11) is 2.22. The molecule has 2 rings (SSSR count). The maximum atomic E-state index is 12.2. The van der Waals surface area contributed by atoms with Gasteiger partial charge < -0.3 is 10.6 Å². The summed E-state index contributed by atoms with van der Waals surface area (Å²) >= 11 is 0. The Morgan fingerprint density at radius 2 is 2.06 bits per heavy atom. The van der Waals surface area contributed by atoms with E-state index in [1.165, 1.54) is 12.8 Å². The molecule has 3 unspecified atom stereocenters. The van der Waals surface area contributed by atoms with Crippen LogP contribution in [0.4, 0.5) is 0 Å². The fourth-order valence-electron chi connectivity index (χ4n) is 3.18. The van der Waals surface area contributed by atoms with Crippen LogP contribution in [-0.4, -0.2) is 54.5 Å². The third kappa shape index (κ3) is 3.04. The number of nitrogens with two attached hydrogens (primary N) is 1. The largest absolute Gasteiger partial charge is 0.341 e. The molecule has 2 saturated heterocycles. The van der Waals surface area contributed by atoms with Crippen molar-refractivity contribution in [2.24, 2.45) is 11.7 Å². The Balaban J connectivity index is 1.84. The van der Waals surface area contributed by atoms with E-state index < -0.39 is 0 Å². The van der Waals surface area contributed by atoms with E-state index in [9.17, 15) is 4.79 Å². The van der Waals surface area contributed by atoms with Gasteiger partial charge in [0.15, 0.2) is 0 Å². The predicted molar refractivity (Wildman–Crippen MR) is 73.2 cm³/mol. The molecule has 2 aliphatic rings. The number of fused-ring (bicyclic) bond motifs is 2. The second-order valence-corrected chi connectivity index (χ2v) is 6.06. The molecule has 3 atom stereocenters. The zero-order valence-electron chi connectivity index (χ0n) is 11.8. The van der Waals surface area contributed by atoms with Gasteiger partial charge in [-0.05, 0) is 45.2 Å². The molecule has 0 spiro atoms. The highest BCUT2D eigenvalue weighted by molar-refractivity contribution is 5.76. The minimum absolute atomic E-state index is 0.330. The number of likely N-dealkylation sites (N-methyl/N-ethyl adjacent to an activating group) is 1. The molecule has 18 heavy (non-hydrogen) atoms. The molecule has 2 fully saturated rings. The Morgan fingerprint density at radius 3 is 2.78 bits per heavy atom. The van der Waals surface area contributed by atoms with Crippen LogP contribution in [0.5, 0.6) is 0 Å². The second-order valence-electron chi connectivity index (χ2n) is 6.06. The van der Waals surface area contributed by atoms with Gasteiger partial charge in [0, 0.05) is 31.6 Å². The molecule has 1 amide bonds. The standard InChI is InChI=1S/C14H27N3O/c1-11(9-15)3-6-14(18)17-8-7-12-4-5-13(10-17)16(12)2/h11-13H,3-10,15H2,1-2H3. The first kappa shape index (κ1) is 13.8. The highest BCUT2D eigenvalue weighted by Crippen LogP contribution is 2.28. The van der Waals surface area contributed by atoms with E-state index >= 15 is 0 Å². The lowest BCUT2D eigenvalue weighted by Gasteiger charge is -2.26. The van der Waals surface area contributed by atoms with Crippen molar-refractivity contribution in [3.63, 3.8) is 0 Å². The Labute approximate surface area is 110 Å². The topological polar surface area (TPSA) is 49.6 Å². The number of likely N-dealkylation sites (tertiary alicyclic amines) is 1. The predicted octanol–water partition coefficient (Wildman–Crippen LogP) is 1.06. The normalized spacial score (nSPS) is 30.3. The highest BCUT2D eigenvalue weighted by atomic mass is 16.2. The summed E-state index contributed by atoms with van der Waals surface area (Å²) in [6.07, 6.45) is 5.30. The van der Waals surface area contributed by atoms with Crippen LogP contribution in [0.25, 0.3) is 0 Å². The molecule has 2 heterocycles. The number of hydrogen-bond donors (Lipinski definition) is 1. The first-order valence-electron chi connectivity index (χ1n) is 7.31. The van der Waals surface area contributed by atoms with Crippen molar-refractivity contribution in [2.45, 2.75) is 51.1 Å². The van der Waals surface area contributed by atoms with Gasteiger partial charge in [0.05, 0.1) is 0 Å².